The summed E-state index contributed by atoms with van der Waals surface area (Å²) in [6, 6.07) is 0.205. The minimum absolute atomic E-state index is 0.144. The van der Waals surface area contributed by atoms with E-state index in [1.807, 2.05) is 0 Å². The molecule has 0 fully saturated rings. The normalized spacial score (nSPS) is 10.9. The highest BCUT2D eigenvalue weighted by molar-refractivity contribution is 5.16. The highest BCUT2D eigenvalue weighted by atomic mass is 19.3. The van der Waals surface area contributed by atoms with Gasteiger partial charge < -0.3 is 20.2 Å². The Morgan fingerprint density at radius 1 is 1.47 bits per heavy atom. The summed E-state index contributed by atoms with van der Waals surface area (Å²) in [5.41, 5.74) is 5.24. The Balaban J connectivity index is 2.09. The van der Waals surface area contributed by atoms with Crippen LogP contribution in [-0.2, 0) is 11.3 Å². The number of aromatic nitrogens is 2. The molecule has 3 N–H and O–H groups in total. The molecule has 86 valence electrons. The quantitative estimate of drug-likeness (QED) is 0.642. The largest absolute Gasteiger partial charge is 0.407 e. The minimum atomic E-state index is -2.45. The smallest absolute Gasteiger partial charge is 0.315 e. The third kappa shape index (κ3) is 4.66. The van der Waals surface area contributed by atoms with E-state index in [-0.39, 0.29) is 19.2 Å². The molecule has 0 spiro atoms. The molecule has 0 amide bonds. The number of nitrogens with two attached hydrogens (primary N) is 1. The molecule has 6 nitrogen and oxygen atoms in total. The zero-order valence-electron chi connectivity index (χ0n) is 7.95. The van der Waals surface area contributed by atoms with Gasteiger partial charge in [-0.3, -0.25) is 0 Å². The van der Waals surface area contributed by atoms with Crippen molar-refractivity contribution in [2.75, 3.05) is 25.1 Å². The zero-order chi connectivity index (χ0) is 11.1. The summed E-state index contributed by atoms with van der Waals surface area (Å²) >= 11 is 0. The monoisotopic (exact) mass is 222 g/mol. The molecule has 0 radical (unpaired) electrons. The molecule has 0 unspecified atom stereocenters. The first kappa shape index (κ1) is 11.8. The van der Waals surface area contributed by atoms with Gasteiger partial charge in [-0.2, -0.15) is 0 Å². The van der Waals surface area contributed by atoms with Crippen LogP contribution in [0.15, 0.2) is 4.42 Å². The van der Waals surface area contributed by atoms with E-state index in [1.165, 1.54) is 0 Å². The summed E-state index contributed by atoms with van der Waals surface area (Å²) in [6.45, 7) is 0.0553. The third-order valence-electron chi connectivity index (χ3n) is 1.41. The van der Waals surface area contributed by atoms with Gasteiger partial charge in [-0.05, 0) is 0 Å². The lowest BCUT2D eigenvalue weighted by atomic mass is 10.6. The summed E-state index contributed by atoms with van der Waals surface area (Å²) in [5.74, 6) is 0.311. The first-order valence-corrected chi connectivity index (χ1v) is 4.34. The van der Waals surface area contributed by atoms with Crippen LogP contribution in [0.5, 0.6) is 0 Å². The number of hydrogen-bond acceptors (Lipinski definition) is 6. The predicted octanol–water partition coefficient (Wildman–Crippen LogP) is 0.222. The van der Waals surface area contributed by atoms with Gasteiger partial charge in [-0.1, -0.05) is 5.10 Å². The molecule has 8 heteroatoms. The molecule has 0 aliphatic rings. The van der Waals surface area contributed by atoms with E-state index in [0.717, 1.165) is 0 Å². The number of rotatable bonds is 7. The summed E-state index contributed by atoms with van der Waals surface area (Å²) < 4.78 is 32.9. The van der Waals surface area contributed by atoms with Gasteiger partial charge in [0.15, 0.2) is 0 Å². The Morgan fingerprint density at radius 2 is 2.27 bits per heavy atom. The Hall–Kier alpha value is -1.28. The Labute approximate surface area is 84.8 Å². The molecule has 0 bridgehead atoms. The molecular formula is C7H12F2N4O2. The van der Waals surface area contributed by atoms with Crippen LogP contribution >= 0.6 is 0 Å². The fourth-order valence-corrected chi connectivity index (χ4v) is 0.810. The van der Waals surface area contributed by atoms with E-state index in [4.69, 9.17) is 10.2 Å². The second kappa shape index (κ2) is 6.25. The molecule has 0 aliphatic heterocycles. The molecule has 1 heterocycles. The molecular weight excluding hydrogens is 210 g/mol. The van der Waals surface area contributed by atoms with Crippen molar-refractivity contribution in [2.45, 2.75) is 13.0 Å². The van der Waals surface area contributed by atoms with Crippen molar-refractivity contribution in [3.63, 3.8) is 0 Å². The van der Waals surface area contributed by atoms with Gasteiger partial charge >= 0.3 is 6.01 Å². The topological polar surface area (TPSA) is 86.2 Å². The number of nitrogens with zero attached hydrogens (tertiary/aromatic N) is 2. The van der Waals surface area contributed by atoms with Crippen molar-refractivity contribution in [3.05, 3.63) is 5.89 Å². The van der Waals surface area contributed by atoms with E-state index in [2.05, 4.69) is 20.3 Å². The van der Waals surface area contributed by atoms with Gasteiger partial charge in [0.2, 0.25) is 5.89 Å². The minimum Gasteiger partial charge on any atom is -0.407 e. The Bertz CT molecular complexity index is 282. The SMILES string of the molecule is NCc1nnc(NCCOCC(F)F)o1. The number of nitrogens with one attached hydrogen (secondary N) is 1. The second-order valence-electron chi connectivity index (χ2n) is 2.60. The molecule has 1 aromatic rings. The zero-order valence-corrected chi connectivity index (χ0v) is 7.95. The average molecular weight is 222 g/mol. The van der Waals surface area contributed by atoms with Crippen molar-refractivity contribution in [3.8, 4) is 0 Å². The van der Waals surface area contributed by atoms with Gasteiger partial charge in [0, 0.05) is 6.54 Å². The van der Waals surface area contributed by atoms with Crippen LogP contribution in [0.2, 0.25) is 0 Å². The van der Waals surface area contributed by atoms with E-state index in [9.17, 15) is 8.78 Å². The number of anilines is 1. The lowest BCUT2D eigenvalue weighted by Crippen LogP contribution is -2.13. The lowest BCUT2D eigenvalue weighted by molar-refractivity contribution is 0.0214. The van der Waals surface area contributed by atoms with Crippen molar-refractivity contribution in [1.82, 2.24) is 10.2 Å². The van der Waals surface area contributed by atoms with Crippen LogP contribution in [0.25, 0.3) is 0 Å². The van der Waals surface area contributed by atoms with E-state index in [1.54, 1.807) is 0 Å². The van der Waals surface area contributed by atoms with Gasteiger partial charge in [0.05, 0.1) is 13.2 Å². The third-order valence-corrected chi connectivity index (χ3v) is 1.41. The fraction of sp³-hybridized carbons (Fsp3) is 0.714. The molecule has 15 heavy (non-hydrogen) atoms. The first-order valence-electron chi connectivity index (χ1n) is 4.34. The van der Waals surface area contributed by atoms with Crippen LogP contribution in [-0.4, -0.2) is 36.4 Å². The van der Waals surface area contributed by atoms with Crippen molar-refractivity contribution in [2.24, 2.45) is 5.73 Å². The van der Waals surface area contributed by atoms with Crippen LogP contribution in [0.1, 0.15) is 5.89 Å². The number of hydrogen-bond donors (Lipinski definition) is 2. The molecule has 1 aromatic heterocycles. The van der Waals surface area contributed by atoms with Crippen molar-refractivity contribution >= 4 is 6.01 Å². The Morgan fingerprint density at radius 3 is 2.87 bits per heavy atom. The molecule has 0 saturated carbocycles. The standard InChI is InChI=1S/C7H12F2N4O2/c8-5(9)4-14-2-1-11-7-13-12-6(3-10)15-7/h5H,1-4,10H2,(H,11,13). The maximum absolute atomic E-state index is 11.6. The number of alkyl halides is 2. The highest BCUT2D eigenvalue weighted by Crippen LogP contribution is 2.03. The van der Waals surface area contributed by atoms with Crippen molar-refractivity contribution in [1.29, 1.82) is 0 Å². The van der Waals surface area contributed by atoms with Crippen LogP contribution in [0.3, 0.4) is 0 Å². The van der Waals surface area contributed by atoms with Gasteiger partial charge in [0.25, 0.3) is 6.43 Å². The van der Waals surface area contributed by atoms with E-state index < -0.39 is 13.0 Å². The van der Waals surface area contributed by atoms with Crippen LogP contribution < -0.4 is 11.1 Å². The predicted molar refractivity (Wildman–Crippen MR) is 47.5 cm³/mol. The summed E-state index contributed by atoms with van der Waals surface area (Å²) in [7, 11) is 0. The molecule has 1 rings (SSSR count). The summed E-state index contributed by atoms with van der Waals surface area (Å²) in [5, 5.41) is 9.91. The molecule has 0 saturated heterocycles. The average Bonchev–Trinajstić information content (AvgIpc) is 2.65. The Kier molecular flexibility index (Phi) is 4.91. The second-order valence-corrected chi connectivity index (χ2v) is 2.60. The van der Waals surface area contributed by atoms with Gasteiger partial charge in [0.1, 0.15) is 6.61 Å². The lowest BCUT2D eigenvalue weighted by Gasteiger charge is -2.02. The van der Waals surface area contributed by atoms with Crippen LogP contribution in [0.4, 0.5) is 14.8 Å². The first-order chi connectivity index (χ1) is 7.22. The fourth-order valence-electron chi connectivity index (χ4n) is 0.810. The van der Waals surface area contributed by atoms with E-state index in [0.29, 0.717) is 12.4 Å². The molecule has 0 aliphatic carbocycles. The number of ether oxygens (including phenoxy) is 1. The van der Waals surface area contributed by atoms with Crippen LogP contribution in [0, 0.1) is 0 Å². The highest BCUT2D eigenvalue weighted by Gasteiger charge is 2.04. The maximum Gasteiger partial charge on any atom is 0.315 e. The molecule has 0 atom stereocenters. The number of halogens is 2. The summed E-state index contributed by atoms with van der Waals surface area (Å²) in [4.78, 5) is 0. The van der Waals surface area contributed by atoms with Crippen molar-refractivity contribution < 1.29 is 17.9 Å². The molecule has 0 aromatic carbocycles. The van der Waals surface area contributed by atoms with E-state index >= 15 is 0 Å². The summed E-state index contributed by atoms with van der Waals surface area (Å²) in [6.07, 6.45) is -2.45. The van der Waals surface area contributed by atoms with Gasteiger partial charge in [-0.25, -0.2) is 8.78 Å². The van der Waals surface area contributed by atoms with Gasteiger partial charge in [-0.15, -0.1) is 5.10 Å². The maximum atomic E-state index is 11.6.